The van der Waals surface area contributed by atoms with E-state index >= 15 is 0 Å². The number of nitrogens with one attached hydrogen (secondary N) is 1. The molecule has 1 amide bonds. The predicted molar refractivity (Wildman–Crippen MR) is 434 cm³/mol. The maximum atomic E-state index is 11.9. The molecule has 7 atom stereocenters. The summed E-state index contributed by atoms with van der Waals surface area (Å²) in [6.07, 6.45) is 16.7. The molecule has 0 bridgehead atoms. The zero-order chi connectivity index (χ0) is 84.4. The van der Waals surface area contributed by atoms with Gasteiger partial charge in [-0.3, -0.25) is 33.6 Å². The Bertz CT molecular complexity index is 3030. The first-order valence-electron chi connectivity index (χ1n) is 39.0. The van der Waals surface area contributed by atoms with Crippen molar-refractivity contribution in [1.29, 1.82) is 0 Å². The van der Waals surface area contributed by atoms with Crippen molar-refractivity contribution in [1.82, 2.24) is 5.32 Å². The van der Waals surface area contributed by atoms with E-state index in [1.54, 1.807) is 31.2 Å². The summed E-state index contributed by atoms with van der Waals surface area (Å²) in [4.78, 5) is 89.9. The van der Waals surface area contributed by atoms with E-state index in [0.29, 0.717) is 72.0 Å². The van der Waals surface area contributed by atoms with Crippen molar-refractivity contribution >= 4 is 47.9 Å². The zero-order valence-electron chi connectivity index (χ0n) is 68.7. The van der Waals surface area contributed by atoms with E-state index in [4.69, 9.17) is 99.1 Å². The highest BCUT2D eigenvalue weighted by Gasteiger charge is 2.21. The van der Waals surface area contributed by atoms with Crippen molar-refractivity contribution in [3.8, 4) is 5.75 Å². The van der Waals surface area contributed by atoms with Crippen LogP contribution in [-0.4, -0.2) is 164 Å². The van der Waals surface area contributed by atoms with E-state index in [-0.39, 0.29) is 49.4 Å². The number of aromatic hydroxyl groups is 1. The summed E-state index contributed by atoms with van der Waals surface area (Å²) in [7, 11) is 0. The van der Waals surface area contributed by atoms with Crippen LogP contribution < -0.4 is 51.2 Å². The molecule has 0 aliphatic heterocycles. The minimum atomic E-state index is -0.915. The number of rotatable bonds is 43. The number of esters is 7. The number of carbonyl (C=O) groups is 8. The largest absolute Gasteiger partial charge is 0.508 e. The molecular formula is C83H141N9O19. The summed E-state index contributed by atoms with van der Waals surface area (Å²) >= 11 is 0. The van der Waals surface area contributed by atoms with Crippen LogP contribution in [0.4, 0.5) is 4.79 Å². The summed E-state index contributed by atoms with van der Waals surface area (Å²) in [5.74, 6) is -2.62. The number of phenolic OH excluding ortho intramolecular Hbond substituents is 1. The van der Waals surface area contributed by atoms with E-state index in [0.717, 1.165) is 131 Å². The van der Waals surface area contributed by atoms with Gasteiger partial charge in [-0.1, -0.05) is 188 Å². The highest BCUT2D eigenvalue weighted by Crippen LogP contribution is 2.14. The number of hydrogen-bond acceptors (Lipinski definition) is 27. The molecule has 4 aromatic carbocycles. The summed E-state index contributed by atoms with van der Waals surface area (Å²) in [6.45, 7) is 26.3. The second-order valence-corrected chi connectivity index (χ2v) is 27.5. The average Bonchev–Trinajstić information content (AvgIpc) is 0.930. The molecule has 0 fully saturated rings. The van der Waals surface area contributed by atoms with Gasteiger partial charge in [0.05, 0.1) is 45.7 Å². The number of amides is 1. The minimum Gasteiger partial charge on any atom is -0.508 e. The Morgan fingerprint density at radius 1 is 0.432 bits per heavy atom. The first kappa shape index (κ1) is 107. The van der Waals surface area contributed by atoms with Crippen molar-refractivity contribution in [2.75, 3.05) is 52.7 Å². The molecule has 0 aromatic heterocycles. The highest BCUT2D eigenvalue weighted by molar-refractivity contribution is 5.78. The highest BCUT2D eigenvalue weighted by atomic mass is 16.6. The van der Waals surface area contributed by atoms with Crippen LogP contribution in [0, 0.1) is 13.8 Å². The van der Waals surface area contributed by atoms with Crippen LogP contribution in [0.5, 0.6) is 5.75 Å². The van der Waals surface area contributed by atoms with Gasteiger partial charge in [-0.05, 0) is 166 Å². The molecule has 4 rings (SSSR count). The second kappa shape index (κ2) is 68.6. The molecule has 111 heavy (non-hydrogen) atoms. The number of nitrogens with two attached hydrogens (primary N) is 8. The molecule has 0 heterocycles. The average molecular weight is 1570 g/mol. The van der Waals surface area contributed by atoms with E-state index in [9.17, 15) is 38.4 Å². The Morgan fingerprint density at radius 3 is 1.17 bits per heavy atom. The lowest BCUT2D eigenvalue weighted by atomic mass is 10.1. The van der Waals surface area contributed by atoms with Crippen LogP contribution >= 0.6 is 0 Å². The van der Waals surface area contributed by atoms with E-state index < -0.39 is 72.0 Å². The third-order valence-corrected chi connectivity index (χ3v) is 15.5. The number of ether oxygens (including phenoxy) is 8. The van der Waals surface area contributed by atoms with Crippen molar-refractivity contribution in [3.05, 3.63) is 136 Å². The third kappa shape index (κ3) is 63.1. The van der Waals surface area contributed by atoms with Gasteiger partial charge in [-0.2, -0.15) is 0 Å². The summed E-state index contributed by atoms with van der Waals surface area (Å²) in [6, 6.07) is 26.2. The molecule has 28 heteroatoms. The lowest BCUT2D eigenvalue weighted by Crippen LogP contribution is -2.41. The first-order chi connectivity index (χ1) is 52.7. The van der Waals surface area contributed by atoms with E-state index in [2.05, 4.69) is 39.9 Å². The number of hydrogen-bond donors (Lipinski definition) is 12. The van der Waals surface area contributed by atoms with Crippen LogP contribution in [0.3, 0.4) is 0 Å². The lowest BCUT2D eigenvalue weighted by Gasteiger charge is -2.19. The van der Waals surface area contributed by atoms with Gasteiger partial charge in [-0.25, -0.2) is 4.79 Å². The van der Waals surface area contributed by atoms with E-state index in [1.807, 2.05) is 107 Å². The second-order valence-electron chi connectivity index (χ2n) is 27.5. The topological polar surface area (TPSA) is 491 Å². The van der Waals surface area contributed by atoms with Gasteiger partial charge < -0.3 is 104 Å². The van der Waals surface area contributed by atoms with Crippen LogP contribution in [0.2, 0.25) is 0 Å². The quantitative estimate of drug-likeness (QED) is 0.0111. The van der Waals surface area contributed by atoms with Gasteiger partial charge in [-0.15, -0.1) is 0 Å². The molecular weight excluding hydrogens is 1430 g/mol. The molecule has 0 radical (unpaired) electrons. The normalized spacial score (nSPS) is 12.3. The zero-order valence-corrected chi connectivity index (χ0v) is 68.7. The Kier molecular flexibility index (Phi) is 66.2. The first-order valence-corrected chi connectivity index (χ1v) is 39.0. The molecule has 20 N–H and O–H groups in total. The molecule has 4 aromatic rings. The summed E-state index contributed by atoms with van der Waals surface area (Å²) in [5, 5.41) is 29.3. The maximum absolute atomic E-state index is 11.9. The predicted octanol–water partition coefficient (Wildman–Crippen LogP) is 9.34. The summed E-state index contributed by atoms with van der Waals surface area (Å²) < 4.78 is 40.0. The van der Waals surface area contributed by atoms with Gasteiger partial charge in [0.15, 0.2) is 0 Å². The van der Waals surface area contributed by atoms with Crippen molar-refractivity contribution < 1.29 is 91.6 Å². The van der Waals surface area contributed by atoms with Crippen LogP contribution in [0.15, 0.2) is 97.1 Å². The molecule has 28 nitrogen and oxygen atoms in total. The molecule has 7 unspecified atom stereocenters. The number of alkyl carbamates (subject to hydrolysis) is 1. The maximum Gasteiger partial charge on any atom is 0.407 e. The van der Waals surface area contributed by atoms with Crippen molar-refractivity contribution in [2.24, 2.45) is 45.9 Å². The molecule has 0 aliphatic carbocycles. The fourth-order valence-electron chi connectivity index (χ4n) is 8.51. The summed E-state index contributed by atoms with van der Waals surface area (Å²) in [5.41, 5.74) is 50.6. The van der Waals surface area contributed by atoms with Crippen LogP contribution in [0.25, 0.3) is 0 Å². The van der Waals surface area contributed by atoms with Gasteiger partial charge in [0.2, 0.25) is 0 Å². The standard InChI is InChI=1S/C20H32N2O4.C14H21NO3.C11H24N2O2.C11H15NO2.C10H13NO2.C9H19NO3.C8H17NO3/c1-5-15-9-11-16(12-10-15)14-25-18(23)17(21)8-6-7-13-22-19(24)26-20(2,3)4;1-2-3-4-9-18-14(17)13(15)10-11-5-7-12(16)8-6-11;1-2-3-6-9-15-11(14)10(13)7-4-5-8-12;1-8-3-5-10(6-4-8)7-14-11(13)9(2)12;1-8-2-4-9(5-3-8)7-13-10(12)6-11;1-3-4-5-6-13-9(12)8(10)7(2)11;1-2-3-4-5-12-8(11)7(9)6-10/h9-12,17H,5-8,13-14,21H2,1-4H3,(H,22,24);5-8,13,16H,2-4,9-10,15H2,1H3;10H,2-9,12-13H2,1H3;3-6,9H,7,12H2,1-2H3;2-5H,6-7,11H2,1H3;7-8,11H,3-6,10H2,1-2H3;7,10H,2-6,9H2,1H3. The van der Waals surface area contributed by atoms with Gasteiger partial charge in [0, 0.05) is 6.54 Å². The fraction of sp³-hybridized carbons (Fsp3) is 0.614. The minimum absolute atomic E-state index is 0.0636. The molecule has 0 saturated carbocycles. The Morgan fingerprint density at radius 2 is 0.793 bits per heavy atom. The lowest BCUT2D eigenvalue weighted by molar-refractivity contribution is -0.148. The van der Waals surface area contributed by atoms with Crippen LogP contribution in [0.1, 0.15) is 224 Å². The fourth-order valence-corrected chi connectivity index (χ4v) is 8.51. The number of unbranched alkanes of at least 4 members (excludes halogenated alkanes) is 10. The number of aryl methyl sites for hydroxylation is 3. The van der Waals surface area contributed by atoms with Gasteiger partial charge in [0.1, 0.15) is 67.4 Å². The van der Waals surface area contributed by atoms with Crippen LogP contribution in [-0.2, 0) is 104 Å². The Hall–Kier alpha value is -8.16. The van der Waals surface area contributed by atoms with Crippen molar-refractivity contribution in [2.45, 2.75) is 279 Å². The third-order valence-electron chi connectivity index (χ3n) is 15.5. The molecule has 632 valence electrons. The van der Waals surface area contributed by atoms with Crippen molar-refractivity contribution in [3.63, 3.8) is 0 Å². The molecule has 0 saturated heterocycles. The monoisotopic (exact) mass is 1570 g/mol. The van der Waals surface area contributed by atoms with E-state index in [1.165, 1.54) is 23.6 Å². The van der Waals surface area contributed by atoms with Gasteiger partial charge >= 0.3 is 47.9 Å². The Labute approximate surface area is 661 Å². The smallest absolute Gasteiger partial charge is 0.407 e. The number of aliphatic hydroxyl groups excluding tert-OH is 2. The van der Waals surface area contributed by atoms with Gasteiger partial charge in [0.25, 0.3) is 0 Å². The number of aliphatic hydroxyl groups is 2. The number of phenols is 1. The number of carbonyl (C=O) groups excluding carboxylic acids is 8. The molecule has 0 aliphatic rings. The Balaban J connectivity index is -0.00000125. The SMILES string of the molecule is CCCCCOC(=O)C(N)C(C)O.CCCCCOC(=O)C(N)CCCCN.CCCCCOC(=O)C(N)CO.CCCCCOC(=O)C(N)Cc1ccc(O)cc1.CCc1ccc(COC(=O)C(N)CCCCNC(=O)OC(C)(C)C)cc1.Cc1ccc(COC(=O)C(C)N)cc1.Cc1ccc(COC(=O)CN)cc1. The molecule has 0 spiro atoms. The number of benzene rings is 4.